The fraction of sp³-hybridized carbons (Fsp3) is 1.00. The van der Waals surface area contributed by atoms with E-state index in [4.69, 9.17) is 0 Å². The van der Waals surface area contributed by atoms with Crippen LogP contribution in [0.25, 0.3) is 0 Å². The predicted octanol–water partition coefficient (Wildman–Crippen LogP) is 2.11. The van der Waals surface area contributed by atoms with Gasteiger partial charge in [0.2, 0.25) is 0 Å². The summed E-state index contributed by atoms with van der Waals surface area (Å²) < 4.78 is 0. The Morgan fingerprint density at radius 2 is 1.80 bits per heavy atom. The molecule has 0 saturated carbocycles. The van der Waals surface area contributed by atoms with Crippen molar-refractivity contribution in [1.29, 1.82) is 0 Å². The lowest BCUT2D eigenvalue weighted by Crippen LogP contribution is -2.42. The van der Waals surface area contributed by atoms with Gasteiger partial charge in [-0.1, -0.05) is 6.42 Å². The Hall–Kier alpha value is 0.270. The summed E-state index contributed by atoms with van der Waals surface area (Å²) in [7, 11) is 4.40. The Labute approximate surface area is 100 Å². The molecule has 0 N–H and O–H groups in total. The zero-order chi connectivity index (χ0) is 11.1. The van der Waals surface area contributed by atoms with Crippen molar-refractivity contribution in [3.8, 4) is 0 Å². The maximum absolute atomic E-state index is 4.24. The molecule has 90 valence electrons. The lowest BCUT2D eigenvalue weighted by molar-refractivity contribution is 0.143. The molecule has 0 radical (unpaired) electrons. The van der Waals surface area contributed by atoms with Crippen molar-refractivity contribution in [1.82, 2.24) is 9.80 Å². The first-order valence-corrected chi connectivity index (χ1v) is 6.87. The largest absolute Gasteiger partial charge is 0.306 e. The maximum Gasteiger partial charge on any atom is 0.0113 e. The van der Waals surface area contributed by atoms with E-state index in [1.54, 1.807) is 0 Å². The number of piperidine rings is 1. The van der Waals surface area contributed by atoms with Gasteiger partial charge in [-0.25, -0.2) is 0 Å². The number of unbranched alkanes of at least 4 members (excludes halogenated alkanes) is 2. The van der Waals surface area contributed by atoms with E-state index < -0.39 is 0 Å². The van der Waals surface area contributed by atoms with Gasteiger partial charge in [-0.05, 0) is 65.2 Å². The monoisotopic (exact) mass is 230 g/mol. The third-order valence-electron chi connectivity index (χ3n) is 3.42. The minimum atomic E-state index is 0.818. The molecule has 0 aromatic rings. The summed E-state index contributed by atoms with van der Waals surface area (Å²) in [5, 5.41) is 0. The molecule has 1 saturated heterocycles. The summed E-state index contributed by atoms with van der Waals surface area (Å²) in [6.45, 7) is 3.89. The number of nitrogens with zero attached hydrogens (tertiary/aromatic N) is 2. The molecule has 0 spiro atoms. The van der Waals surface area contributed by atoms with Crippen molar-refractivity contribution in [3.05, 3.63) is 0 Å². The average Bonchev–Trinajstić information content (AvgIpc) is 2.25. The molecule has 0 bridgehead atoms. The first kappa shape index (κ1) is 13.3. The minimum Gasteiger partial charge on any atom is -0.306 e. The van der Waals surface area contributed by atoms with Crippen LogP contribution in [-0.4, -0.2) is 55.3 Å². The summed E-state index contributed by atoms with van der Waals surface area (Å²) in [6.07, 6.45) is 6.67. The van der Waals surface area contributed by atoms with E-state index in [0.29, 0.717) is 0 Å². The van der Waals surface area contributed by atoms with Crippen LogP contribution in [-0.2, 0) is 0 Å². The number of likely N-dealkylation sites (tertiary alicyclic amines) is 1. The van der Waals surface area contributed by atoms with Gasteiger partial charge in [0.1, 0.15) is 0 Å². The Balaban J connectivity index is 2.04. The standard InChI is InChI=1S/C12H26N2S/c1-13(2)12-6-9-14(10-7-12)8-4-3-5-11-15/h12,15H,3-11H2,1-2H3. The highest BCUT2D eigenvalue weighted by Crippen LogP contribution is 2.14. The van der Waals surface area contributed by atoms with Crippen LogP contribution < -0.4 is 0 Å². The fourth-order valence-corrected chi connectivity index (χ4v) is 2.51. The van der Waals surface area contributed by atoms with E-state index in [-0.39, 0.29) is 0 Å². The molecule has 0 atom stereocenters. The minimum absolute atomic E-state index is 0.818. The van der Waals surface area contributed by atoms with Crippen LogP contribution in [0, 0.1) is 0 Å². The second-order valence-corrected chi connectivity index (χ2v) is 5.27. The SMILES string of the molecule is CN(C)C1CCN(CCCCCS)CC1. The molecule has 0 aromatic heterocycles. The first-order chi connectivity index (χ1) is 7.24. The van der Waals surface area contributed by atoms with Gasteiger partial charge in [-0.15, -0.1) is 0 Å². The molecule has 0 unspecified atom stereocenters. The highest BCUT2D eigenvalue weighted by molar-refractivity contribution is 7.80. The molecule has 1 heterocycles. The van der Waals surface area contributed by atoms with Crippen LogP contribution in [0.3, 0.4) is 0 Å². The van der Waals surface area contributed by atoms with Crippen LogP contribution in [0.1, 0.15) is 32.1 Å². The predicted molar refractivity (Wildman–Crippen MR) is 70.9 cm³/mol. The second kappa shape index (κ2) is 7.53. The number of thiol groups is 1. The van der Waals surface area contributed by atoms with Gasteiger partial charge in [0.25, 0.3) is 0 Å². The van der Waals surface area contributed by atoms with Crippen molar-refractivity contribution in [2.24, 2.45) is 0 Å². The summed E-state index contributed by atoms with van der Waals surface area (Å²) in [5.74, 6) is 1.04. The first-order valence-electron chi connectivity index (χ1n) is 6.23. The fourth-order valence-electron chi connectivity index (χ4n) is 2.28. The van der Waals surface area contributed by atoms with Crippen LogP contribution >= 0.6 is 12.6 Å². The summed E-state index contributed by atoms with van der Waals surface area (Å²) in [5.41, 5.74) is 0. The van der Waals surface area contributed by atoms with Gasteiger partial charge >= 0.3 is 0 Å². The van der Waals surface area contributed by atoms with Gasteiger partial charge < -0.3 is 9.80 Å². The lowest BCUT2D eigenvalue weighted by atomic mass is 10.0. The van der Waals surface area contributed by atoms with Crippen molar-refractivity contribution in [3.63, 3.8) is 0 Å². The molecule has 3 heteroatoms. The van der Waals surface area contributed by atoms with Crippen LogP contribution in [0.4, 0.5) is 0 Å². The van der Waals surface area contributed by atoms with Crippen molar-refractivity contribution in [2.75, 3.05) is 39.5 Å². The zero-order valence-corrected chi connectivity index (χ0v) is 11.2. The third-order valence-corrected chi connectivity index (χ3v) is 3.74. The summed E-state index contributed by atoms with van der Waals surface area (Å²) in [4.78, 5) is 5.00. The van der Waals surface area contributed by atoms with E-state index >= 15 is 0 Å². The van der Waals surface area contributed by atoms with Gasteiger partial charge in [-0.3, -0.25) is 0 Å². The Morgan fingerprint density at radius 1 is 1.13 bits per heavy atom. The molecular formula is C12H26N2S. The maximum atomic E-state index is 4.24. The van der Waals surface area contributed by atoms with Crippen LogP contribution in [0.5, 0.6) is 0 Å². The van der Waals surface area contributed by atoms with E-state index in [1.807, 2.05) is 0 Å². The van der Waals surface area contributed by atoms with Crippen molar-refractivity contribution < 1.29 is 0 Å². The Kier molecular flexibility index (Phi) is 6.69. The average molecular weight is 230 g/mol. The highest BCUT2D eigenvalue weighted by atomic mass is 32.1. The summed E-state index contributed by atoms with van der Waals surface area (Å²) >= 11 is 4.24. The molecule has 1 fully saturated rings. The molecule has 2 nitrogen and oxygen atoms in total. The molecule has 15 heavy (non-hydrogen) atoms. The molecule has 0 aliphatic carbocycles. The highest BCUT2D eigenvalue weighted by Gasteiger charge is 2.19. The second-order valence-electron chi connectivity index (χ2n) is 4.82. The topological polar surface area (TPSA) is 6.48 Å². The van der Waals surface area contributed by atoms with E-state index in [2.05, 4.69) is 36.5 Å². The smallest absolute Gasteiger partial charge is 0.0113 e. The number of hydrogen-bond donors (Lipinski definition) is 1. The molecule has 0 aromatic carbocycles. The normalized spacial score (nSPS) is 20.0. The van der Waals surface area contributed by atoms with E-state index in [9.17, 15) is 0 Å². The molecule has 1 aliphatic rings. The Bertz CT molecular complexity index is 154. The summed E-state index contributed by atoms with van der Waals surface area (Å²) in [6, 6.07) is 0.818. The quantitative estimate of drug-likeness (QED) is 0.551. The van der Waals surface area contributed by atoms with Gasteiger partial charge in [0.05, 0.1) is 0 Å². The lowest BCUT2D eigenvalue weighted by Gasteiger charge is -2.35. The van der Waals surface area contributed by atoms with Crippen molar-refractivity contribution in [2.45, 2.75) is 38.1 Å². The van der Waals surface area contributed by atoms with Gasteiger partial charge in [0, 0.05) is 6.04 Å². The van der Waals surface area contributed by atoms with Gasteiger partial charge in [-0.2, -0.15) is 12.6 Å². The Morgan fingerprint density at radius 3 is 2.33 bits per heavy atom. The zero-order valence-electron chi connectivity index (χ0n) is 10.3. The van der Waals surface area contributed by atoms with E-state index in [0.717, 1.165) is 11.8 Å². The van der Waals surface area contributed by atoms with Crippen LogP contribution in [0.2, 0.25) is 0 Å². The number of hydrogen-bond acceptors (Lipinski definition) is 3. The van der Waals surface area contributed by atoms with Crippen LogP contribution in [0.15, 0.2) is 0 Å². The number of rotatable bonds is 6. The molecule has 0 amide bonds. The van der Waals surface area contributed by atoms with Gasteiger partial charge in [0.15, 0.2) is 0 Å². The molecular weight excluding hydrogens is 204 g/mol. The van der Waals surface area contributed by atoms with Crippen molar-refractivity contribution >= 4 is 12.6 Å². The molecule has 1 aliphatic heterocycles. The van der Waals surface area contributed by atoms with E-state index in [1.165, 1.54) is 51.7 Å². The third kappa shape index (κ3) is 5.23. The molecule has 1 rings (SSSR count).